The molecule has 0 N–H and O–H groups in total. The van der Waals surface area contributed by atoms with Crippen molar-refractivity contribution in [2.75, 3.05) is 20.3 Å². The van der Waals surface area contributed by atoms with Crippen molar-refractivity contribution < 1.29 is 22.3 Å². The van der Waals surface area contributed by atoms with Crippen molar-refractivity contribution in [3.05, 3.63) is 41.2 Å². The Kier molecular flexibility index (Phi) is 3.53. The van der Waals surface area contributed by atoms with Gasteiger partial charge in [0.1, 0.15) is 5.82 Å². The van der Waals surface area contributed by atoms with Gasteiger partial charge in [0.15, 0.2) is 0 Å². The molecule has 2 nitrogen and oxygen atoms in total. The summed E-state index contributed by atoms with van der Waals surface area (Å²) in [6.45, 7) is 1.00. The van der Waals surface area contributed by atoms with Crippen molar-refractivity contribution in [3.8, 4) is 0 Å². The van der Waals surface area contributed by atoms with Crippen LogP contribution in [-0.2, 0) is 10.9 Å². The first-order valence-corrected chi connectivity index (χ1v) is 6.74. The van der Waals surface area contributed by atoms with Crippen LogP contribution in [0, 0.1) is 5.82 Å². The molecule has 2 unspecified atom stereocenters. The third kappa shape index (κ3) is 2.58. The van der Waals surface area contributed by atoms with Gasteiger partial charge in [-0.05, 0) is 25.1 Å². The van der Waals surface area contributed by atoms with Crippen LogP contribution < -0.4 is 0 Å². The second-order valence-corrected chi connectivity index (χ2v) is 5.49. The maximum absolute atomic E-state index is 14.2. The normalized spacial score (nSPS) is 26.6. The Hall–Kier alpha value is -1.40. The Bertz CT molecular complexity index is 582. The van der Waals surface area contributed by atoms with Gasteiger partial charge in [-0.15, -0.1) is 0 Å². The zero-order valence-corrected chi connectivity index (χ0v) is 11.5. The summed E-state index contributed by atoms with van der Waals surface area (Å²) in [6.07, 6.45) is -2.37. The van der Waals surface area contributed by atoms with Crippen LogP contribution in [0.25, 0.3) is 5.57 Å². The molecule has 1 aromatic rings. The fraction of sp³-hybridized carbons (Fsp3) is 0.467. The SMILES string of the molecule is CN1C2C=C(c3cccc(C(F)(F)F)c3F)CC1COC2. The van der Waals surface area contributed by atoms with Crippen LogP contribution >= 0.6 is 0 Å². The number of rotatable bonds is 1. The number of hydrogen-bond acceptors (Lipinski definition) is 2. The van der Waals surface area contributed by atoms with Gasteiger partial charge in [-0.25, -0.2) is 4.39 Å². The molecule has 114 valence electrons. The zero-order chi connectivity index (χ0) is 15.2. The molecule has 0 saturated carbocycles. The van der Waals surface area contributed by atoms with Crippen molar-refractivity contribution in [3.63, 3.8) is 0 Å². The van der Waals surface area contributed by atoms with Crippen LogP contribution in [0.1, 0.15) is 17.5 Å². The molecule has 0 aromatic heterocycles. The van der Waals surface area contributed by atoms with Gasteiger partial charge >= 0.3 is 6.18 Å². The Balaban J connectivity index is 2.02. The molecule has 0 amide bonds. The van der Waals surface area contributed by atoms with Gasteiger partial charge in [0.05, 0.1) is 24.8 Å². The molecule has 0 radical (unpaired) electrons. The largest absolute Gasteiger partial charge is 0.419 e. The molecule has 3 rings (SSSR count). The van der Waals surface area contributed by atoms with Crippen molar-refractivity contribution in [2.45, 2.75) is 24.7 Å². The number of morpholine rings is 1. The van der Waals surface area contributed by atoms with E-state index < -0.39 is 17.6 Å². The summed E-state index contributed by atoms with van der Waals surface area (Å²) in [4.78, 5) is 2.12. The number of likely N-dealkylation sites (N-methyl/N-ethyl adjacent to an activating group) is 1. The van der Waals surface area contributed by atoms with Crippen molar-refractivity contribution in [2.24, 2.45) is 0 Å². The summed E-state index contributed by atoms with van der Waals surface area (Å²) in [5.74, 6) is -1.18. The summed E-state index contributed by atoms with van der Waals surface area (Å²) < 4.78 is 58.1. The number of benzene rings is 1. The summed E-state index contributed by atoms with van der Waals surface area (Å²) in [6, 6.07) is 3.52. The molecule has 2 heterocycles. The second kappa shape index (κ2) is 5.10. The minimum absolute atomic E-state index is 0.0126. The highest BCUT2D eigenvalue weighted by Crippen LogP contribution is 2.37. The topological polar surface area (TPSA) is 12.5 Å². The van der Waals surface area contributed by atoms with E-state index in [0.29, 0.717) is 25.2 Å². The number of fused-ring (bicyclic) bond motifs is 2. The van der Waals surface area contributed by atoms with Gasteiger partial charge in [-0.3, -0.25) is 4.90 Å². The van der Waals surface area contributed by atoms with Gasteiger partial charge in [-0.1, -0.05) is 18.2 Å². The van der Waals surface area contributed by atoms with Crippen molar-refractivity contribution >= 4 is 5.57 Å². The summed E-state index contributed by atoms with van der Waals surface area (Å²) in [5, 5.41) is 0. The van der Waals surface area contributed by atoms with E-state index in [-0.39, 0.29) is 17.6 Å². The van der Waals surface area contributed by atoms with E-state index in [9.17, 15) is 17.6 Å². The highest BCUT2D eigenvalue weighted by molar-refractivity contribution is 5.69. The number of ether oxygens (including phenoxy) is 1. The minimum atomic E-state index is -4.68. The van der Waals surface area contributed by atoms with E-state index in [0.717, 1.165) is 6.07 Å². The highest BCUT2D eigenvalue weighted by Gasteiger charge is 2.37. The van der Waals surface area contributed by atoms with E-state index in [2.05, 4.69) is 4.90 Å². The predicted molar refractivity (Wildman–Crippen MR) is 70.2 cm³/mol. The maximum atomic E-state index is 14.2. The molecule has 21 heavy (non-hydrogen) atoms. The van der Waals surface area contributed by atoms with Crippen LogP contribution in [-0.4, -0.2) is 37.2 Å². The molecule has 1 fully saturated rings. The molecule has 2 aliphatic heterocycles. The Morgan fingerprint density at radius 2 is 2.00 bits per heavy atom. The molecule has 0 spiro atoms. The van der Waals surface area contributed by atoms with Gasteiger partial charge in [0.25, 0.3) is 0 Å². The van der Waals surface area contributed by atoms with E-state index in [1.54, 1.807) is 0 Å². The smallest absolute Gasteiger partial charge is 0.378 e. The van der Waals surface area contributed by atoms with Crippen LogP contribution in [0.5, 0.6) is 0 Å². The Morgan fingerprint density at radius 3 is 2.67 bits per heavy atom. The lowest BCUT2D eigenvalue weighted by atomic mass is 9.89. The number of alkyl halides is 3. The molecule has 2 bridgehead atoms. The molecular formula is C15H15F4NO. The molecular weight excluding hydrogens is 286 g/mol. The van der Waals surface area contributed by atoms with Gasteiger partial charge in [0.2, 0.25) is 0 Å². The quantitative estimate of drug-likeness (QED) is 0.738. The summed E-state index contributed by atoms with van der Waals surface area (Å²) in [5.41, 5.74) is -0.522. The van der Waals surface area contributed by atoms with E-state index in [1.807, 2.05) is 13.1 Å². The Labute approximate surface area is 120 Å². The highest BCUT2D eigenvalue weighted by atomic mass is 19.4. The maximum Gasteiger partial charge on any atom is 0.419 e. The predicted octanol–water partition coefficient (Wildman–Crippen LogP) is 3.33. The lowest BCUT2D eigenvalue weighted by Gasteiger charge is -2.42. The zero-order valence-electron chi connectivity index (χ0n) is 11.5. The average Bonchev–Trinajstić information content (AvgIpc) is 2.37. The molecule has 0 aliphatic carbocycles. The molecule has 1 saturated heterocycles. The van der Waals surface area contributed by atoms with E-state index in [1.165, 1.54) is 12.1 Å². The first kappa shape index (κ1) is 14.5. The van der Waals surface area contributed by atoms with Crippen LogP contribution in [0.15, 0.2) is 24.3 Å². The fourth-order valence-corrected chi connectivity index (χ4v) is 2.95. The third-order valence-corrected chi connectivity index (χ3v) is 4.20. The lowest BCUT2D eigenvalue weighted by molar-refractivity contribution is -0.140. The van der Waals surface area contributed by atoms with E-state index in [4.69, 9.17) is 4.74 Å². The van der Waals surface area contributed by atoms with Crippen LogP contribution in [0.3, 0.4) is 0 Å². The van der Waals surface area contributed by atoms with Crippen LogP contribution in [0.4, 0.5) is 17.6 Å². The first-order chi connectivity index (χ1) is 9.88. The molecule has 2 aliphatic rings. The molecule has 1 aromatic carbocycles. The molecule has 6 heteroatoms. The van der Waals surface area contributed by atoms with Gasteiger partial charge in [0, 0.05) is 11.6 Å². The summed E-state index contributed by atoms with van der Waals surface area (Å²) in [7, 11) is 1.95. The monoisotopic (exact) mass is 301 g/mol. The van der Waals surface area contributed by atoms with Crippen LogP contribution in [0.2, 0.25) is 0 Å². The van der Waals surface area contributed by atoms with Gasteiger partial charge in [-0.2, -0.15) is 13.2 Å². The summed E-state index contributed by atoms with van der Waals surface area (Å²) >= 11 is 0. The number of hydrogen-bond donors (Lipinski definition) is 0. The van der Waals surface area contributed by atoms with Crippen molar-refractivity contribution in [1.29, 1.82) is 0 Å². The Morgan fingerprint density at radius 1 is 1.24 bits per heavy atom. The standard InChI is InChI=1S/C15H15F4NO/c1-20-10-5-9(6-11(20)8-21-7-10)12-3-2-4-13(14(12)16)15(17,18)19/h2-5,10-11H,6-8H2,1H3. The van der Waals surface area contributed by atoms with Gasteiger partial charge < -0.3 is 4.74 Å². The lowest BCUT2D eigenvalue weighted by Crippen LogP contribution is -2.51. The first-order valence-electron chi connectivity index (χ1n) is 6.74. The third-order valence-electron chi connectivity index (χ3n) is 4.20. The fourth-order valence-electron chi connectivity index (χ4n) is 2.95. The minimum Gasteiger partial charge on any atom is -0.378 e. The number of nitrogens with zero attached hydrogens (tertiary/aromatic N) is 1. The number of halogens is 4. The van der Waals surface area contributed by atoms with E-state index >= 15 is 0 Å². The average molecular weight is 301 g/mol. The molecule has 2 atom stereocenters. The second-order valence-electron chi connectivity index (χ2n) is 5.49. The van der Waals surface area contributed by atoms with Crippen molar-refractivity contribution in [1.82, 2.24) is 4.90 Å².